The quantitative estimate of drug-likeness (QED) is 0.806. The number of carbonyl (C=O) groups is 2. The van der Waals surface area contributed by atoms with Crippen molar-refractivity contribution in [2.75, 3.05) is 25.1 Å². The molecule has 0 atom stereocenters. The van der Waals surface area contributed by atoms with Crippen molar-refractivity contribution in [1.82, 2.24) is 4.98 Å². The fourth-order valence-electron chi connectivity index (χ4n) is 2.29. The van der Waals surface area contributed by atoms with Gasteiger partial charge in [-0.3, -0.25) is 14.6 Å². The van der Waals surface area contributed by atoms with Crippen LogP contribution >= 0.6 is 0 Å². The molecule has 0 aromatic carbocycles. The van der Waals surface area contributed by atoms with Gasteiger partial charge in [0.1, 0.15) is 5.69 Å². The van der Waals surface area contributed by atoms with Crippen LogP contribution in [-0.2, 0) is 9.53 Å². The van der Waals surface area contributed by atoms with Gasteiger partial charge in [-0.25, -0.2) is 0 Å². The lowest BCUT2D eigenvalue weighted by Crippen LogP contribution is -2.36. The second kappa shape index (κ2) is 5.69. The van der Waals surface area contributed by atoms with Gasteiger partial charge in [-0.1, -0.05) is 0 Å². The van der Waals surface area contributed by atoms with E-state index in [1.54, 1.807) is 12.3 Å². The van der Waals surface area contributed by atoms with Crippen LogP contribution in [0.15, 0.2) is 18.3 Å². The van der Waals surface area contributed by atoms with E-state index in [9.17, 15) is 9.59 Å². The number of carbonyl (C=O) groups excluding carboxylic acids is 2. The maximum absolute atomic E-state index is 11.4. The predicted octanol–water partition coefficient (Wildman–Crippen LogP) is 0.570. The number of rotatable bonds is 3. The fourth-order valence-corrected chi connectivity index (χ4v) is 2.29. The summed E-state index contributed by atoms with van der Waals surface area (Å²) in [6, 6.07) is 3.52. The SMILES string of the molecule is COC(=O)C1CCN(c2ccnc(C(N)=O)c2)CC1. The summed E-state index contributed by atoms with van der Waals surface area (Å²) in [5, 5.41) is 0. The minimum Gasteiger partial charge on any atom is -0.469 e. The number of hydrogen-bond acceptors (Lipinski definition) is 5. The highest BCUT2D eigenvalue weighted by Gasteiger charge is 2.25. The second-order valence-corrected chi connectivity index (χ2v) is 4.55. The molecule has 2 N–H and O–H groups in total. The Kier molecular flexibility index (Phi) is 3.99. The molecule has 2 rings (SSSR count). The molecule has 102 valence electrons. The molecule has 2 heterocycles. The number of ether oxygens (including phenoxy) is 1. The summed E-state index contributed by atoms with van der Waals surface area (Å²) in [5.74, 6) is -0.711. The first kappa shape index (κ1) is 13.3. The van der Waals surface area contributed by atoms with Crippen molar-refractivity contribution in [3.8, 4) is 0 Å². The van der Waals surface area contributed by atoms with Gasteiger partial charge in [-0.2, -0.15) is 0 Å². The van der Waals surface area contributed by atoms with Crippen LogP contribution in [0, 0.1) is 5.92 Å². The van der Waals surface area contributed by atoms with Gasteiger partial charge in [0.15, 0.2) is 0 Å². The highest BCUT2D eigenvalue weighted by atomic mass is 16.5. The molecule has 19 heavy (non-hydrogen) atoms. The van der Waals surface area contributed by atoms with Crippen LogP contribution in [-0.4, -0.2) is 37.1 Å². The fraction of sp³-hybridized carbons (Fsp3) is 0.462. The summed E-state index contributed by atoms with van der Waals surface area (Å²) in [6.45, 7) is 1.50. The predicted molar refractivity (Wildman–Crippen MR) is 69.7 cm³/mol. The number of aromatic nitrogens is 1. The van der Waals surface area contributed by atoms with E-state index < -0.39 is 5.91 Å². The van der Waals surface area contributed by atoms with Gasteiger partial charge in [0.2, 0.25) is 0 Å². The topological polar surface area (TPSA) is 85.5 Å². The monoisotopic (exact) mass is 263 g/mol. The first-order valence-corrected chi connectivity index (χ1v) is 6.20. The Morgan fingerprint density at radius 2 is 2.11 bits per heavy atom. The largest absolute Gasteiger partial charge is 0.469 e. The summed E-state index contributed by atoms with van der Waals surface area (Å²) >= 11 is 0. The summed E-state index contributed by atoms with van der Waals surface area (Å²) in [6.07, 6.45) is 3.07. The van der Waals surface area contributed by atoms with Crippen LogP contribution < -0.4 is 10.6 Å². The van der Waals surface area contributed by atoms with Gasteiger partial charge in [0.05, 0.1) is 13.0 Å². The van der Waals surface area contributed by atoms with E-state index in [-0.39, 0.29) is 17.6 Å². The zero-order valence-electron chi connectivity index (χ0n) is 10.8. The molecule has 6 heteroatoms. The highest BCUT2D eigenvalue weighted by Crippen LogP contribution is 2.24. The smallest absolute Gasteiger partial charge is 0.308 e. The van der Waals surface area contributed by atoms with Gasteiger partial charge in [-0.05, 0) is 25.0 Å². The number of hydrogen-bond donors (Lipinski definition) is 1. The van der Waals surface area contributed by atoms with Gasteiger partial charge in [0.25, 0.3) is 5.91 Å². The third-order valence-corrected chi connectivity index (χ3v) is 3.39. The molecule has 0 spiro atoms. The zero-order valence-corrected chi connectivity index (χ0v) is 10.8. The minimum atomic E-state index is -0.536. The zero-order chi connectivity index (χ0) is 13.8. The number of methoxy groups -OCH3 is 1. The summed E-state index contributed by atoms with van der Waals surface area (Å²) in [4.78, 5) is 28.6. The Hall–Kier alpha value is -2.11. The second-order valence-electron chi connectivity index (χ2n) is 4.55. The summed E-state index contributed by atoms with van der Waals surface area (Å²) < 4.78 is 4.75. The number of pyridine rings is 1. The van der Waals surface area contributed by atoms with Crippen LogP contribution in [0.2, 0.25) is 0 Å². The van der Waals surface area contributed by atoms with Crippen molar-refractivity contribution in [1.29, 1.82) is 0 Å². The Labute approximate surface area is 111 Å². The van der Waals surface area contributed by atoms with Gasteiger partial charge in [0, 0.05) is 25.0 Å². The molecule has 0 unspecified atom stereocenters. The third kappa shape index (κ3) is 3.01. The molecule has 1 saturated heterocycles. The van der Waals surface area contributed by atoms with Crippen LogP contribution in [0.25, 0.3) is 0 Å². The Balaban J connectivity index is 2.03. The lowest BCUT2D eigenvalue weighted by Gasteiger charge is -2.32. The van der Waals surface area contributed by atoms with E-state index >= 15 is 0 Å². The van der Waals surface area contributed by atoms with Crippen molar-refractivity contribution in [3.05, 3.63) is 24.0 Å². The van der Waals surface area contributed by atoms with Crippen molar-refractivity contribution < 1.29 is 14.3 Å². The van der Waals surface area contributed by atoms with E-state index in [1.165, 1.54) is 7.11 Å². The standard InChI is InChI=1S/C13H17N3O3/c1-19-13(18)9-3-6-16(7-4-9)10-2-5-15-11(8-10)12(14)17/h2,5,8-9H,3-4,6-7H2,1H3,(H2,14,17). The molecule has 1 fully saturated rings. The molecule has 1 aromatic heterocycles. The number of primary amides is 1. The number of esters is 1. The number of piperidine rings is 1. The van der Waals surface area contributed by atoms with E-state index in [0.29, 0.717) is 0 Å². The molecule has 1 aromatic rings. The average molecular weight is 263 g/mol. The van der Waals surface area contributed by atoms with Crippen LogP contribution in [0.4, 0.5) is 5.69 Å². The van der Waals surface area contributed by atoms with E-state index in [4.69, 9.17) is 10.5 Å². The molecular weight excluding hydrogens is 246 g/mol. The molecule has 1 aliphatic heterocycles. The van der Waals surface area contributed by atoms with E-state index in [2.05, 4.69) is 9.88 Å². The maximum atomic E-state index is 11.4. The molecular formula is C13H17N3O3. The lowest BCUT2D eigenvalue weighted by atomic mass is 9.96. The first-order valence-electron chi connectivity index (χ1n) is 6.20. The van der Waals surface area contributed by atoms with Crippen LogP contribution in [0.3, 0.4) is 0 Å². The average Bonchev–Trinajstić information content (AvgIpc) is 2.46. The summed E-state index contributed by atoms with van der Waals surface area (Å²) in [5.41, 5.74) is 6.38. The van der Waals surface area contributed by atoms with E-state index in [1.807, 2.05) is 6.07 Å². The number of nitrogens with zero attached hydrogens (tertiary/aromatic N) is 2. The maximum Gasteiger partial charge on any atom is 0.308 e. The van der Waals surface area contributed by atoms with Crippen molar-refractivity contribution in [3.63, 3.8) is 0 Å². The first-order chi connectivity index (χ1) is 9.11. The Bertz CT molecular complexity index is 482. The molecule has 1 aliphatic rings. The van der Waals surface area contributed by atoms with Crippen LogP contribution in [0.5, 0.6) is 0 Å². The molecule has 6 nitrogen and oxygen atoms in total. The molecule has 1 amide bonds. The Morgan fingerprint density at radius 3 is 2.68 bits per heavy atom. The van der Waals surface area contributed by atoms with Crippen molar-refractivity contribution in [2.45, 2.75) is 12.8 Å². The van der Waals surface area contributed by atoms with Gasteiger partial charge in [-0.15, -0.1) is 0 Å². The van der Waals surface area contributed by atoms with Gasteiger partial charge < -0.3 is 15.4 Å². The minimum absolute atomic E-state index is 0.0290. The van der Waals surface area contributed by atoms with Crippen molar-refractivity contribution in [2.24, 2.45) is 11.7 Å². The molecule has 0 saturated carbocycles. The van der Waals surface area contributed by atoms with E-state index in [0.717, 1.165) is 31.6 Å². The number of anilines is 1. The number of amides is 1. The highest BCUT2D eigenvalue weighted by molar-refractivity contribution is 5.91. The number of nitrogens with two attached hydrogens (primary N) is 1. The summed E-state index contributed by atoms with van der Waals surface area (Å²) in [7, 11) is 1.41. The normalized spacial score (nSPS) is 16.2. The molecule has 0 radical (unpaired) electrons. The Morgan fingerprint density at radius 1 is 1.42 bits per heavy atom. The van der Waals surface area contributed by atoms with Gasteiger partial charge >= 0.3 is 5.97 Å². The molecule has 0 bridgehead atoms. The molecule has 0 aliphatic carbocycles. The van der Waals surface area contributed by atoms with Crippen LogP contribution in [0.1, 0.15) is 23.3 Å². The third-order valence-electron chi connectivity index (χ3n) is 3.39. The lowest BCUT2D eigenvalue weighted by molar-refractivity contribution is -0.146. The van der Waals surface area contributed by atoms with Crippen molar-refractivity contribution >= 4 is 17.6 Å².